The lowest BCUT2D eigenvalue weighted by molar-refractivity contribution is -0.141. The van der Waals surface area contributed by atoms with Crippen LogP contribution in [-0.4, -0.2) is 30.6 Å². The van der Waals surface area contributed by atoms with Gasteiger partial charge in [0.15, 0.2) is 0 Å². The van der Waals surface area contributed by atoms with Crippen LogP contribution in [0, 0.1) is 0 Å². The van der Waals surface area contributed by atoms with E-state index in [1.165, 1.54) is 23.8 Å². The molecule has 0 rings (SSSR count). The maximum absolute atomic E-state index is 11.1. The van der Waals surface area contributed by atoms with Crippen LogP contribution in [0.15, 0.2) is 34.9 Å². The molecule has 0 aliphatic carbocycles. The lowest BCUT2D eigenvalue weighted by Crippen LogP contribution is -2.26. The van der Waals surface area contributed by atoms with Crippen LogP contribution < -0.4 is 5.73 Å². The van der Waals surface area contributed by atoms with Crippen molar-refractivity contribution in [2.45, 2.75) is 59.4 Å². The fraction of sp³-hybridized carbons (Fsp3) is 0.632. The number of carbonyl (C=O) groups is 1. The van der Waals surface area contributed by atoms with E-state index in [9.17, 15) is 4.79 Å². The molecule has 131 valence electrons. The molecule has 0 bridgehead atoms. The standard InChI is InChI=1S/C19H32NO2S/c1-15(2)8-6-9-16(3)10-7-11-17(4)12-13-23-14-18(20)19(21)22-5/h8,10,12,18,20H,6-7,9,11,13-14H2,1-5H3/b16-10+,17-12+/t18-/m0/s1. The summed E-state index contributed by atoms with van der Waals surface area (Å²) < 4.78 is 4.54. The van der Waals surface area contributed by atoms with Crippen LogP contribution in [0.25, 0.3) is 0 Å². The third kappa shape index (κ3) is 13.2. The molecule has 0 aromatic heterocycles. The van der Waals surface area contributed by atoms with Gasteiger partial charge in [-0.1, -0.05) is 34.9 Å². The van der Waals surface area contributed by atoms with E-state index in [-0.39, 0.29) is 0 Å². The smallest absolute Gasteiger partial charge is 0.325 e. The van der Waals surface area contributed by atoms with E-state index < -0.39 is 12.0 Å². The first-order valence-electron chi connectivity index (χ1n) is 8.18. The normalized spacial score (nSPS) is 13.7. The Hall–Kier alpha value is -1.00. The van der Waals surface area contributed by atoms with E-state index in [0.717, 1.165) is 31.4 Å². The van der Waals surface area contributed by atoms with Gasteiger partial charge in [-0.15, -0.1) is 0 Å². The van der Waals surface area contributed by atoms with Crippen molar-refractivity contribution in [3.63, 3.8) is 0 Å². The molecular weight excluding hydrogens is 306 g/mol. The van der Waals surface area contributed by atoms with Crippen molar-refractivity contribution >= 4 is 17.7 Å². The van der Waals surface area contributed by atoms with Gasteiger partial charge < -0.3 is 4.74 Å². The number of hydrogen-bond acceptors (Lipinski definition) is 3. The minimum absolute atomic E-state index is 0.452. The Morgan fingerprint density at radius 2 is 1.61 bits per heavy atom. The van der Waals surface area contributed by atoms with E-state index >= 15 is 0 Å². The highest BCUT2D eigenvalue weighted by Gasteiger charge is 2.13. The second kappa shape index (κ2) is 13.4. The zero-order valence-corrected chi connectivity index (χ0v) is 16.1. The Kier molecular flexibility index (Phi) is 12.9. The number of carbonyl (C=O) groups excluding carboxylic acids is 1. The first-order valence-corrected chi connectivity index (χ1v) is 9.33. The lowest BCUT2D eigenvalue weighted by Gasteiger charge is -2.06. The van der Waals surface area contributed by atoms with Gasteiger partial charge in [0.25, 0.3) is 0 Å². The van der Waals surface area contributed by atoms with Crippen molar-refractivity contribution in [2.75, 3.05) is 18.6 Å². The Labute approximate surface area is 146 Å². The van der Waals surface area contributed by atoms with Crippen LogP contribution in [0.4, 0.5) is 0 Å². The highest BCUT2D eigenvalue weighted by Crippen LogP contribution is 2.13. The maximum Gasteiger partial charge on any atom is 0.325 e. The summed E-state index contributed by atoms with van der Waals surface area (Å²) in [5.41, 5.74) is 11.8. The number of thioether (sulfide) groups is 1. The first kappa shape index (κ1) is 22.0. The summed E-state index contributed by atoms with van der Waals surface area (Å²) in [4.78, 5) is 11.1. The summed E-state index contributed by atoms with van der Waals surface area (Å²) >= 11 is 1.60. The van der Waals surface area contributed by atoms with Gasteiger partial charge in [-0.3, -0.25) is 4.79 Å². The predicted octanol–water partition coefficient (Wildman–Crippen LogP) is 4.96. The number of esters is 1. The third-order valence-corrected chi connectivity index (χ3v) is 4.41. The van der Waals surface area contributed by atoms with Gasteiger partial charge in [-0.05, 0) is 53.4 Å². The summed E-state index contributed by atoms with van der Waals surface area (Å²) in [6, 6.07) is -0.773. The van der Waals surface area contributed by atoms with Crippen molar-refractivity contribution in [1.82, 2.24) is 5.73 Å². The zero-order chi connectivity index (χ0) is 17.7. The molecule has 0 saturated heterocycles. The molecule has 0 aromatic rings. The summed E-state index contributed by atoms with van der Waals surface area (Å²) in [6.07, 6.45) is 11.2. The second-order valence-corrected chi connectivity index (χ2v) is 7.15. The molecule has 3 nitrogen and oxygen atoms in total. The minimum atomic E-state index is -0.773. The Bertz CT molecular complexity index is 435. The minimum Gasteiger partial charge on any atom is -0.468 e. The van der Waals surface area contributed by atoms with Crippen LogP contribution in [-0.2, 0) is 9.53 Å². The van der Waals surface area contributed by atoms with Gasteiger partial charge in [0, 0.05) is 11.5 Å². The zero-order valence-electron chi connectivity index (χ0n) is 15.3. The van der Waals surface area contributed by atoms with Crippen LogP contribution >= 0.6 is 11.8 Å². The monoisotopic (exact) mass is 338 g/mol. The molecule has 0 heterocycles. The topological polar surface area (TPSA) is 50.1 Å². The quantitative estimate of drug-likeness (QED) is 0.304. The van der Waals surface area contributed by atoms with E-state index in [4.69, 9.17) is 5.73 Å². The average molecular weight is 339 g/mol. The molecule has 1 radical (unpaired) electrons. The molecule has 0 aromatic carbocycles. The van der Waals surface area contributed by atoms with Gasteiger partial charge in [0.2, 0.25) is 0 Å². The number of rotatable bonds is 11. The van der Waals surface area contributed by atoms with Crippen molar-refractivity contribution in [3.05, 3.63) is 34.9 Å². The number of methoxy groups -OCH3 is 1. The molecule has 0 aliphatic heterocycles. The molecule has 0 unspecified atom stereocenters. The van der Waals surface area contributed by atoms with Crippen molar-refractivity contribution in [1.29, 1.82) is 0 Å². The van der Waals surface area contributed by atoms with Gasteiger partial charge >= 0.3 is 5.97 Å². The van der Waals surface area contributed by atoms with Gasteiger partial charge in [-0.25, -0.2) is 5.73 Å². The fourth-order valence-corrected chi connectivity index (χ4v) is 2.85. The summed E-state index contributed by atoms with van der Waals surface area (Å²) in [5.74, 6) is 0.883. The van der Waals surface area contributed by atoms with Crippen LogP contribution in [0.5, 0.6) is 0 Å². The van der Waals surface area contributed by atoms with Gasteiger partial charge in [-0.2, -0.15) is 11.8 Å². The molecule has 1 atom stereocenters. The van der Waals surface area contributed by atoms with E-state index in [1.54, 1.807) is 11.8 Å². The number of hydrogen-bond donors (Lipinski definition) is 0. The summed E-state index contributed by atoms with van der Waals surface area (Å²) in [5, 5.41) is 0. The van der Waals surface area contributed by atoms with Gasteiger partial charge in [0.1, 0.15) is 6.04 Å². The van der Waals surface area contributed by atoms with Crippen LogP contribution in [0.1, 0.15) is 53.4 Å². The van der Waals surface area contributed by atoms with Crippen LogP contribution in [0.3, 0.4) is 0 Å². The SMILES string of the molecule is COC(=O)[C@@H]([NH])CSC/C=C(\C)CC/C=C(\C)CCC=C(C)C. The highest BCUT2D eigenvalue weighted by atomic mass is 32.2. The second-order valence-electron chi connectivity index (χ2n) is 6.07. The van der Waals surface area contributed by atoms with E-state index in [0.29, 0.717) is 5.75 Å². The molecule has 0 spiro atoms. The van der Waals surface area contributed by atoms with Gasteiger partial charge in [0.05, 0.1) is 7.11 Å². The molecule has 0 aliphatic rings. The van der Waals surface area contributed by atoms with Crippen molar-refractivity contribution < 1.29 is 9.53 Å². The number of ether oxygens (including phenoxy) is 1. The van der Waals surface area contributed by atoms with Crippen molar-refractivity contribution in [2.24, 2.45) is 0 Å². The van der Waals surface area contributed by atoms with Crippen molar-refractivity contribution in [3.8, 4) is 0 Å². The molecule has 1 N–H and O–H groups in total. The molecule has 0 fully saturated rings. The predicted molar refractivity (Wildman–Crippen MR) is 102 cm³/mol. The van der Waals surface area contributed by atoms with E-state index in [2.05, 4.69) is 50.7 Å². The molecule has 0 amide bonds. The molecule has 4 heteroatoms. The lowest BCUT2D eigenvalue weighted by atomic mass is 10.1. The fourth-order valence-electron chi connectivity index (χ4n) is 1.94. The first-order chi connectivity index (χ1) is 10.9. The third-order valence-electron chi connectivity index (χ3n) is 3.44. The molecule has 0 saturated carbocycles. The Morgan fingerprint density at radius 3 is 2.17 bits per heavy atom. The Morgan fingerprint density at radius 1 is 1.04 bits per heavy atom. The summed E-state index contributed by atoms with van der Waals surface area (Å²) in [6.45, 7) is 8.62. The largest absolute Gasteiger partial charge is 0.468 e. The molecular formula is C19H32NO2S. The Balaban J connectivity index is 3.90. The average Bonchev–Trinajstić information content (AvgIpc) is 2.50. The van der Waals surface area contributed by atoms with Crippen LogP contribution in [0.2, 0.25) is 0 Å². The molecule has 23 heavy (non-hydrogen) atoms. The van der Waals surface area contributed by atoms with E-state index in [1.807, 2.05) is 0 Å². The summed E-state index contributed by atoms with van der Waals surface area (Å²) in [7, 11) is 1.33. The maximum atomic E-state index is 11.1. The number of nitrogens with one attached hydrogen (secondary N) is 1. The highest BCUT2D eigenvalue weighted by molar-refractivity contribution is 7.99. The number of allylic oxidation sites excluding steroid dienone is 5.